The summed E-state index contributed by atoms with van der Waals surface area (Å²) in [5, 5.41) is 0. The molecule has 0 spiro atoms. The quantitative estimate of drug-likeness (QED) is 0.572. The second-order valence-corrected chi connectivity index (χ2v) is 8.15. The summed E-state index contributed by atoms with van der Waals surface area (Å²) < 4.78 is 51.4. The molecule has 0 fully saturated rings. The molecule has 0 saturated heterocycles. The van der Waals surface area contributed by atoms with E-state index < -0.39 is 20.1 Å². The SMILES string of the molecule is CS(=O)(=O)OCCCc1nc2ccccc2n1S(C)(=O)=O. The van der Waals surface area contributed by atoms with Gasteiger partial charge in [-0.3, -0.25) is 4.18 Å². The van der Waals surface area contributed by atoms with Crippen molar-refractivity contribution in [3.63, 3.8) is 0 Å². The Labute approximate surface area is 123 Å². The molecule has 7 nitrogen and oxygen atoms in total. The highest BCUT2D eigenvalue weighted by molar-refractivity contribution is 7.89. The first-order chi connectivity index (χ1) is 9.68. The van der Waals surface area contributed by atoms with Gasteiger partial charge in [0.1, 0.15) is 5.82 Å². The van der Waals surface area contributed by atoms with E-state index in [9.17, 15) is 16.8 Å². The number of fused-ring (bicyclic) bond motifs is 1. The number of aryl methyl sites for hydroxylation is 1. The number of benzene rings is 1. The number of imidazole rings is 1. The second kappa shape index (κ2) is 5.74. The van der Waals surface area contributed by atoms with Crippen LogP contribution in [0.5, 0.6) is 0 Å². The van der Waals surface area contributed by atoms with Crippen molar-refractivity contribution in [1.82, 2.24) is 8.96 Å². The van der Waals surface area contributed by atoms with Crippen LogP contribution < -0.4 is 0 Å². The van der Waals surface area contributed by atoms with Crippen molar-refractivity contribution < 1.29 is 21.0 Å². The monoisotopic (exact) mass is 332 g/mol. The Balaban J connectivity index is 2.27. The fraction of sp³-hybridized carbons (Fsp3) is 0.417. The van der Waals surface area contributed by atoms with Crippen LogP contribution in [0.3, 0.4) is 0 Å². The van der Waals surface area contributed by atoms with Gasteiger partial charge in [-0.1, -0.05) is 12.1 Å². The molecule has 0 unspecified atom stereocenters. The summed E-state index contributed by atoms with van der Waals surface area (Å²) in [5.74, 6) is 0.371. The van der Waals surface area contributed by atoms with Crippen LogP contribution in [-0.2, 0) is 30.7 Å². The van der Waals surface area contributed by atoms with Crippen LogP contribution in [0.15, 0.2) is 24.3 Å². The van der Waals surface area contributed by atoms with E-state index in [1.165, 1.54) is 3.97 Å². The molecule has 0 amide bonds. The zero-order valence-corrected chi connectivity index (χ0v) is 13.3. The molecule has 116 valence electrons. The van der Waals surface area contributed by atoms with Gasteiger partial charge in [0.25, 0.3) is 10.1 Å². The molecule has 0 radical (unpaired) electrons. The lowest BCUT2D eigenvalue weighted by molar-refractivity contribution is 0.314. The van der Waals surface area contributed by atoms with Crippen LogP contribution in [0.25, 0.3) is 11.0 Å². The molecule has 0 aliphatic carbocycles. The average molecular weight is 332 g/mol. The van der Waals surface area contributed by atoms with Crippen molar-refractivity contribution in [1.29, 1.82) is 0 Å². The third-order valence-corrected chi connectivity index (χ3v) is 4.42. The van der Waals surface area contributed by atoms with Gasteiger partial charge in [0.05, 0.1) is 30.2 Å². The molecular formula is C12H16N2O5S2. The van der Waals surface area contributed by atoms with Crippen molar-refractivity contribution >= 4 is 31.2 Å². The highest BCUT2D eigenvalue weighted by atomic mass is 32.2. The smallest absolute Gasteiger partial charge is 0.264 e. The van der Waals surface area contributed by atoms with E-state index in [1.54, 1.807) is 24.3 Å². The molecule has 0 bridgehead atoms. The van der Waals surface area contributed by atoms with Crippen LogP contribution in [0.2, 0.25) is 0 Å². The third kappa shape index (κ3) is 4.02. The van der Waals surface area contributed by atoms with Crippen molar-refractivity contribution in [2.75, 3.05) is 19.1 Å². The van der Waals surface area contributed by atoms with E-state index >= 15 is 0 Å². The summed E-state index contributed by atoms with van der Waals surface area (Å²) in [6, 6.07) is 6.92. The molecule has 0 aliphatic rings. The van der Waals surface area contributed by atoms with Crippen LogP contribution in [0.4, 0.5) is 0 Å². The van der Waals surface area contributed by atoms with Crippen LogP contribution in [0.1, 0.15) is 12.2 Å². The summed E-state index contributed by atoms with van der Waals surface area (Å²) >= 11 is 0. The Bertz CT molecular complexity index is 853. The van der Waals surface area contributed by atoms with Gasteiger partial charge in [-0.05, 0) is 18.6 Å². The maximum atomic E-state index is 11.9. The number of hydrogen-bond donors (Lipinski definition) is 0. The molecule has 0 saturated carbocycles. The number of rotatable bonds is 6. The van der Waals surface area contributed by atoms with Gasteiger partial charge in [-0.2, -0.15) is 8.42 Å². The molecule has 1 aromatic heterocycles. The first-order valence-electron chi connectivity index (χ1n) is 6.20. The maximum Gasteiger partial charge on any atom is 0.264 e. The summed E-state index contributed by atoms with van der Waals surface area (Å²) in [6.07, 6.45) is 2.74. The fourth-order valence-corrected chi connectivity index (χ4v) is 3.47. The van der Waals surface area contributed by atoms with E-state index in [4.69, 9.17) is 0 Å². The Morgan fingerprint density at radius 1 is 1.14 bits per heavy atom. The van der Waals surface area contributed by atoms with E-state index in [0.29, 0.717) is 29.7 Å². The van der Waals surface area contributed by atoms with Gasteiger partial charge >= 0.3 is 0 Å². The first kappa shape index (κ1) is 15.9. The van der Waals surface area contributed by atoms with Crippen LogP contribution in [-0.4, -0.2) is 44.9 Å². The van der Waals surface area contributed by atoms with E-state index in [2.05, 4.69) is 9.17 Å². The minimum absolute atomic E-state index is 0.00813. The van der Waals surface area contributed by atoms with Gasteiger partial charge in [0, 0.05) is 6.42 Å². The molecular weight excluding hydrogens is 316 g/mol. The molecule has 9 heteroatoms. The minimum Gasteiger partial charge on any atom is -0.270 e. The topological polar surface area (TPSA) is 95.3 Å². The minimum atomic E-state index is -3.49. The average Bonchev–Trinajstić information content (AvgIpc) is 2.71. The predicted molar refractivity (Wildman–Crippen MR) is 79.1 cm³/mol. The van der Waals surface area contributed by atoms with Gasteiger partial charge in [0.15, 0.2) is 0 Å². The number of para-hydroxylation sites is 2. The largest absolute Gasteiger partial charge is 0.270 e. The maximum absolute atomic E-state index is 11.9. The molecule has 21 heavy (non-hydrogen) atoms. The van der Waals surface area contributed by atoms with Crippen LogP contribution >= 0.6 is 0 Å². The molecule has 0 atom stereocenters. The first-order valence-corrected chi connectivity index (χ1v) is 9.86. The lowest BCUT2D eigenvalue weighted by Crippen LogP contribution is -2.14. The molecule has 1 heterocycles. The van der Waals surface area contributed by atoms with E-state index in [0.717, 1.165) is 12.5 Å². The highest BCUT2D eigenvalue weighted by Crippen LogP contribution is 2.19. The van der Waals surface area contributed by atoms with Gasteiger partial charge in [0.2, 0.25) is 10.0 Å². The second-order valence-electron chi connectivity index (χ2n) is 4.67. The summed E-state index contributed by atoms with van der Waals surface area (Å²) in [4.78, 5) is 4.29. The normalized spacial score (nSPS) is 12.9. The van der Waals surface area contributed by atoms with Gasteiger partial charge < -0.3 is 0 Å². The fourth-order valence-electron chi connectivity index (χ4n) is 2.02. The van der Waals surface area contributed by atoms with Crippen molar-refractivity contribution in [2.24, 2.45) is 0 Å². The molecule has 0 aliphatic heterocycles. The lowest BCUT2D eigenvalue weighted by atomic mass is 10.3. The summed E-state index contributed by atoms with van der Waals surface area (Å²) in [7, 11) is -6.97. The molecule has 2 rings (SSSR count). The Kier molecular flexibility index (Phi) is 4.35. The molecule has 1 aromatic carbocycles. The highest BCUT2D eigenvalue weighted by Gasteiger charge is 2.17. The van der Waals surface area contributed by atoms with Gasteiger partial charge in [-0.15, -0.1) is 0 Å². The number of aromatic nitrogens is 2. The zero-order chi connectivity index (χ0) is 15.7. The molecule has 0 N–H and O–H groups in total. The summed E-state index contributed by atoms with van der Waals surface area (Å²) in [6.45, 7) is -0.00813. The Morgan fingerprint density at radius 3 is 2.43 bits per heavy atom. The number of nitrogens with zero attached hydrogens (tertiary/aromatic N) is 2. The van der Waals surface area contributed by atoms with E-state index in [1.807, 2.05) is 0 Å². The van der Waals surface area contributed by atoms with Crippen LogP contribution in [0, 0.1) is 0 Å². The van der Waals surface area contributed by atoms with Gasteiger partial charge in [-0.25, -0.2) is 17.4 Å². The van der Waals surface area contributed by atoms with Crippen molar-refractivity contribution in [3.05, 3.63) is 30.1 Å². The Hall–Kier alpha value is -1.45. The zero-order valence-electron chi connectivity index (χ0n) is 11.7. The lowest BCUT2D eigenvalue weighted by Gasteiger charge is -2.06. The molecule has 2 aromatic rings. The van der Waals surface area contributed by atoms with E-state index in [-0.39, 0.29) is 6.61 Å². The standard InChI is InChI=1S/C12H16N2O5S2/c1-20(15,16)14-11-7-4-3-6-10(11)13-12(14)8-5-9-19-21(2,17)18/h3-4,6-7H,5,8-9H2,1-2H3. The summed E-state index contributed by atoms with van der Waals surface area (Å²) in [5.41, 5.74) is 1.10. The van der Waals surface area contributed by atoms with Crippen molar-refractivity contribution in [3.8, 4) is 0 Å². The number of hydrogen-bond acceptors (Lipinski definition) is 6. The Morgan fingerprint density at radius 2 is 1.81 bits per heavy atom. The predicted octanol–water partition coefficient (Wildman–Crippen LogP) is 0.753. The third-order valence-electron chi connectivity index (χ3n) is 2.76. The van der Waals surface area contributed by atoms with Crippen molar-refractivity contribution in [2.45, 2.75) is 12.8 Å².